The number of aromatic hydroxyl groups is 1. The highest BCUT2D eigenvalue weighted by atomic mass is 16.5. The van der Waals surface area contributed by atoms with E-state index >= 15 is 0 Å². The number of carbonyl (C=O) groups excluding carboxylic acids is 1. The first-order valence-corrected chi connectivity index (χ1v) is 7.05. The smallest absolute Gasteiger partial charge is 0.311 e. The van der Waals surface area contributed by atoms with E-state index in [4.69, 9.17) is 4.74 Å². The number of rotatable bonds is 2. The highest BCUT2D eigenvalue weighted by Gasteiger charge is 2.26. The lowest BCUT2D eigenvalue weighted by atomic mass is 9.80. The summed E-state index contributed by atoms with van der Waals surface area (Å²) in [7, 11) is 0. The van der Waals surface area contributed by atoms with Crippen LogP contribution in [0.15, 0.2) is 12.1 Å². The van der Waals surface area contributed by atoms with Crippen LogP contribution in [0.5, 0.6) is 11.5 Å². The predicted octanol–water partition coefficient (Wildman–Crippen LogP) is 4.30. The summed E-state index contributed by atoms with van der Waals surface area (Å²) in [5.41, 5.74) is 1.53. The molecule has 0 saturated heterocycles. The van der Waals surface area contributed by atoms with Crippen molar-refractivity contribution in [2.45, 2.75) is 65.7 Å². The molecule has 0 heterocycles. The third-order valence-corrected chi connectivity index (χ3v) is 3.26. The minimum absolute atomic E-state index is 0.0623. The average molecular weight is 278 g/mol. The van der Waals surface area contributed by atoms with E-state index in [1.165, 1.54) is 0 Å². The zero-order valence-electron chi connectivity index (χ0n) is 13.6. The predicted molar refractivity (Wildman–Crippen MR) is 81.4 cm³/mol. The van der Waals surface area contributed by atoms with Crippen molar-refractivity contribution in [3.63, 3.8) is 0 Å². The van der Waals surface area contributed by atoms with Gasteiger partial charge in [-0.15, -0.1) is 0 Å². The maximum absolute atomic E-state index is 11.5. The molecule has 0 bridgehead atoms. The Kier molecular flexibility index (Phi) is 4.52. The number of hydrogen-bond acceptors (Lipinski definition) is 3. The van der Waals surface area contributed by atoms with E-state index in [-0.39, 0.29) is 34.7 Å². The van der Waals surface area contributed by atoms with E-state index < -0.39 is 0 Å². The molecule has 1 aromatic rings. The summed E-state index contributed by atoms with van der Waals surface area (Å²) >= 11 is 0. The van der Waals surface area contributed by atoms with Crippen LogP contribution in [-0.4, -0.2) is 11.1 Å². The molecule has 3 nitrogen and oxygen atoms in total. The summed E-state index contributed by atoms with van der Waals surface area (Å²) in [5, 5.41) is 10.4. The van der Waals surface area contributed by atoms with Crippen LogP contribution in [0.3, 0.4) is 0 Å². The molecule has 1 rings (SSSR count). The number of benzene rings is 1. The second kappa shape index (κ2) is 5.47. The Balaban J connectivity index is 3.47. The maximum atomic E-state index is 11.5. The Morgan fingerprint density at radius 2 is 1.65 bits per heavy atom. The Morgan fingerprint density at radius 1 is 1.10 bits per heavy atom. The zero-order chi connectivity index (χ0) is 15.7. The van der Waals surface area contributed by atoms with Crippen molar-refractivity contribution in [2.75, 3.05) is 0 Å². The molecule has 0 radical (unpaired) electrons. The zero-order valence-corrected chi connectivity index (χ0v) is 13.6. The standard InChI is InChI=1S/C17H26O3/c1-8-14(18)20-13-10-11(16(2,3)4)9-12(15(13)19)17(5,6)7/h9-10,19H,8H2,1-7H3. The molecule has 112 valence electrons. The van der Waals surface area contributed by atoms with Crippen LogP contribution in [-0.2, 0) is 15.6 Å². The van der Waals surface area contributed by atoms with Crippen molar-refractivity contribution < 1.29 is 14.6 Å². The number of esters is 1. The number of phenols is 1. The molecule has 0 aromatic heterocycles. The van der Waals surface area contributed by atoms with Crippen molar-refractivity contribution in [3.05, 3.63) is 23.3 Å². The summed E-state index contributed by atoms with van der Waals surface area (Å²) in [6.07, 6.45) is 0.282. The van der Waals surface area contributed by atoms with Crippen LogP contribution < -0.4 is 4.74 Å². The highest BCUT2D eigenvalue weighted by Crippen LogP contribution is 2.41. The molecule has 0 spiro atoms. The lowest BCUT2D eigenvalue weighted by molar-refractivity contribution is -0.134. The van der Waals surface area contributed by atoms with Gasteiger partial charge < -0.3 is 9.84 Å². The minimum Gasteiger partial charge on any atom is -0.504 e. The lowest BCUT2D eigenvalue weighted by Gasteiger charge is -2.27. The van der Waals surface area contributed by atoms with Gasteiger partial charge in [-0.25, -0.2) is 0 Å². The average Bonchev–Trinajstić information content (AvgIpc) is 2.28. The lowest BCUT2D eigenvalue weighted by Crippen LogP contribution is -2.18. The largest absolute Gasteiger partial charge is 0.504 e. The Morgan fingerprint density at radius 3 is 2.05 bits per heavy atom. The van der Waals surface area contributed by atoms with E-state index in [0.717, 1.165) is 11.1 Å². The van der Waals surface area contributed by atoms with E-state index in [2.05, 4.69) is 20.8 Å². The molecule has 0 unspecified atom stereocenters. The van der Waals surface area contributed by atoms with Crippen LogP contribution in [0.4, 0.5) is 0 Å². The van der Waals surface area contributed by atoms with Crippen molar-refractivity contribution in [3.8, 4) is 11.5 Å². The summed E-state index contributed by atoms with van der Waals surface area (Å²) in [5.74, 6) is -0.0206. The van der Waals surface area contributed by atoms with Crippen molar-refractivity contribution >= 4 is 5.97 Å². The van der Waals surface area contributed by atoms with E-state index in [9.17, 15) is 9.90 Å². The van der Waals surface area contributed by atoms with Gasteiger partial charge in [0, 0.05) is 12.0 Å². The molecule has 0 fully saturated rings. The van der Waals surface area contributed by atoms with Gasteiger partial charge in [-0.05, 0) is 22.5 Å². The van der Waals surface area contributed by atoms with Crippen molar-refractivity contribution in [2.24, 2.45) is 0 Å². The quantitative estimate of drug-likeness (QED) is 0.648. The molecular formula is C17H26O3. The summed E-state index contributed by atoms with van der Waals surface area (Å²) in [4.78, 5) is 11.5. The van der Waals surface area contributed by atoms with E-state index in [1.807, 2.05) is 26.8 Å². The Hall–Kier alpha value is -1.51. The van der Waals surface area contributed by atoms with Gasteiger partial charge in [0.05, 0.1) is 0 Å². The second-order valence-corrected chi connectivity index (χ2v) is 7.20. The normalized spacial score (nSPS) is 12.3. The highest BCUT2D eigenvalue weighted by molar-refractivity contribution is 5.73. The van der Waals surface area contributed by atoms with Crippen LogP contribution in [0.2, 0.25) is 0 Å². The number of carbonyl (C=O) groups is 1. The van der Waals surface area contributed by atoms with Gasteiger partial charge in [0.25, 0.3) is 0 Å². The SMILES string of the molecule is CCC(=O)Oc1cc(C(C)(C)C)cc(C(C)(C)C)c1O. The monoisotopic (exact) mass is 278 g/mol. The van der Waals surface area contributed by atoms with Gasteiger partial charge >= 0.3 is 5.97 Å². The molecule has 20 heavy (non-hydrogen) atoms. The third-order valence-electron chi connectivity index (χ3n) is 3.26. The van der Waals surface area contributed by atoms with E-state index in [1.54, 1.807) is 13.0 Å². The number of phenolic OH excluding ortho intramolecular Hbond substituents is 1. The van der Waals surface area contributed by atoms with Crippen LogP contribution in [0, 0.1) is 0 Å². The van der Waals surface area contributed by atoms with Crippen LogP contribution >= 0.6 is 0 Å². The third kappa shape index (κ3) is 3.75. The summed E-state index contributed by atoms with van der Waals surface area (Å²) in [6, 6.07) is 3.76. The Bertz CT molecular complexity index is 502. The first-order valence-electron chi connectivity index (χ1n) is 7.05. The minimum atomic E-state index is -0.341. The molecular weight excluding hydrogens is 252 g/mol. The van der Waals surface area contributed by atoms with Crippen LogP contribution in [0.1, 0.15) is 66.0 Å². The molecule has 0 saturated carbocycles. The van der Waals surface area contributed by atoms with Gasteiger partial charge in [0.2, 0.25) is 0 Å². The van der Waals surface area contributed by atoms with E-state index in [0.29, 0.717) is 0 Å². The molecule has 0 amide bonds. The maximum Gasteiger partial charge on any atom is 0.311 e. The fourth-order valence-electron chi connectivity index (χ4n) is 1.89. The molecule has 0 atom stereocenters. The first kappa shape index (κ1) is 16.5. The van der Waals surface area contributed by atoms with Gasteiger partial charge in [-0.2, -0.15) is 0 Å². The molecule has 0 aliphatic carbocycles. The second-order valence-electron chi connectivity index (χ2n) is 7.20. The van der Waals surface area contributed by atoms with Crippen molar-refractivity contribution in [1.82, 2.24) is 0 Å². The molecule has 3 heteroatoms. The first-order chi connectivity index (χ1) is 8.96. The topological polar surface area (TPSA) is 46.5 Å². The van der Waals surface area contributed by atoms with Gasteiger partial charge in [-0.3, -0.25) is 4.79 Å². The van der Waals surface area contributed by atoms with Crippen LogP contribution in [0.25, 0.3) is 0 Å². The number of ether oxygens (including phenoxy) is 1. The van der Waals surface area contributed by atoms with Crippen molar-refractivity contribution in [1.29, 1.82) is 0 Å². The molecule has 1 aromatic carbocycles. The molecule has 0 aliphatic rings. The van der Waals surface area contributed by atoms with Gasteiger partial charge in [0.1, 0.15) is 0 Å². The summed E-state index contributed by atoms with van der Waals surface area (Å²) in [6.45, 7) is 14.1. The Labute approximate surface area is 122 Å². The fourth-order valence-corrected chi connectivity index (χ4v) is 1.89. The van der Waals surface area contributed by atoms with Gasteiger partial charge in [0.15, 0.2) is 11.5 Å². The summed E-state index contributed by atoms with van der Waals surface area (Å²) < 4.78 is 5.28. The number of hydrogen-bond donors (Lipinski definition) is 1. The fraction of sp³-hybridized carbons (Fsp3) is 0.588. The van der Waals surface area contributed by atoms with Gasteiger partial charge in [-0.1, -0.05) is 54.5 Å². The molecule has 0 aliphatic heterocycles. The molecule has 1 N–H and O–H groups in total.